The summed E-state index contributed by atoms with van der Waals surface area (Å²) < 4.78 is 5.70. The summed E-state index contributed by atoms with van der Waals surface area (Å²) in [4.78, 5) is 12.0. The Kier molecular flexibility index (Phi) is 8.62. The van der Waals surface area contributed by atoms with Gasteiger partial charge in [-0.15, -0.1) is 0 Å². The molecule has 0 unspecified atom stereocenters. The maximum absolute atomic E-state index is 12.0. The highest BCUT2D eigenvalue weighted by atomic mass is 35.5. The molecule has 0 fully saturated rings. The molecule has 27 heavy (non-hydrogen) atoms. The van der Waals surface area contributed by atoms with E-state index in [-0.39, 0.29) is 5.91 Å². The normalized spacial score (nSPS) is 11.0. The first-order valence-electron chi connectivity index (χ1n) is 9.03. The fraction of sp³-hybridized carbons (Fsp3) is 0.333. The lowest BCUT2D eigenvalue weighted by Crippen LogP contribution is -2.17. The summed E-state index contributed by atoms with van der Waals surface area (Å²) in [5, 5.41) is 4.81. The largest absolute Gasteiger partial charge is 0.490 e. The van der Waals surface area contributed by atoms with Crippen LogP contribution in [0, 0.1) is 6.92 Å². The Morgan fingerprint density at radius 3 is 2.41 bits per heavy atom. The van der Waals surface area contributed by atoms with E-state index in [2.05, 4.69) is 17.5 Å². The van der Waals surface area contributed by atoms with E-state index in [1.165, 1.54) is 19.1 Å². The minimum Gasteiger partial charge on any atom is -0.490 e. The smallest absolute Gasteiger partial charge is 0.271 e. The van der Waals surface area contributed by atoms with Gasteiger partial charge in [0.2, 0.25) is 0 Å². The molecule has 0 heterocycles. The van der Waals surface area contributed by atoms with Crippen molar-refractivity contribution in [2.75, 3.05) is 6.61 Å². The van der Waals surface area contributed by atoms with Crippen molar-refractivity contribution in [3.8, 4) is 5.75 Å². The van der Waals surface area contributed by atoms with Crippen LogP contribution in [0.4, 0.5) is 0 Å². The first-order valence-corrected chi connectivity index (χ1v) is 9.78. The molecule has 0 aliphatic heterocycles. The topological polar surface area (TPSA) is 50.7 Å². The molecule has 0 atom stereocenters. The molecule has 0 bridgehead atoms. The summed E-state index contributed by atoms with van der Waals surface area (Å²) in [5.74, 6) is 0.200. The summed E-state index contributed by atoms with van der Waals surface area (Å²) in [6.07, 6.45) is 5.95. The first-order chi connectivity index (χ1) is 13.0. The van der Waals surface area contributed by atoms with E-state index in [0.29, 0.717) is 33.5 Å². The molecule has 0 aromatic heterocycles. The summed E-state index contributed by atoms with van der Waals surface area (Å²) in [6.45, 7) is 4.71. The SMILES string of the molecule is CCCCCCOc1c(Cl)cc(/C=N/NC(=O)c2ccc(C)cc2)cc1Cl. The average molecular weight is 407 g/mol. The van der Waals surface area contributed by atoms with Crippen LogP contribution in [0.1, 0.15) is 54.1 Å². The van der Waals surface area contributed by atoms with Crippen LogP contribution in [0.2, 0.25) is 10.0 Å². The molecule has 0 radical (unpaired) electrons. The zero-order chi connectivity index (χ0) is 19.6. The highest BCUT2D eigenvalue weighted by molar-refractivity contribution is 6.37. The van der Waals surface area contributed by atoms with Crippen molar-refractivity contribution in [3.63, 3.8) is 0 Å². The molecule has 4 nitrogen and oxygen atoms in total. The van der Waals surface area contributed by atoms with Gasteiger partial charge in [-0.2, -0.15) is 5.10 Å². The lowest BCUT2D eigenvalue weighted by Gasteiger charge is -2.10. The monoisotopic (exact) mass is 406 g/mol. The predicted molar refractivity (Wildman–Crippen MR) is 112 cm³/mol. The van der Waals surface area contributed by atoms with E-state index in [1.54, 1.807) is 24.3 Å². The number of benzene rings is 2. The van der Waals surface area contributed by atoms with Gasteiger partial charge >= 0.3 is 0 Å². The van der Waals surface area contributed by atoms with E-state index in [1.807, 2.05) is 19.1 Å². The number of hydrogen-bond acceptors (Lipinski definition) is 3. The fourth-order valence-electron chi connectivity index (χ4n) is 2.43. The Morgan fingerprint density at radius 2 is 1.78 bits per heavy atom. The molecule has 0 aliphatic rings. The molecule has 0 saturated carbocycles. The number of amides is 1. The number of unbranched alkanes of at least 4 members (excludes halogenated alkanes) is 3. The second-order valence-corrected chi connectivity index (χ2v) is 7.10. The van der Waals surface area contributed by atoms with Crippen LogP contribution in [0.25, 0.3) is 0 Å². The maximum atomic E-state index is 12.0. The number of nitrogens with zero attached hydrogens (tertiary/aromatic N) is 1. The van der Waals surface area contributed by atoms with Crippen LogP contribution in [0.3, 0.4) is 0 Å². The molecule has 1 amide bonds. The average Bonchev–Trinajstić information content (AvgIpc) is 2.64. The van der Waals surface area contributed by atoms with E-state index in [9.17, 15) is 4.79 Å². The molecular weight excluding hydrogens is 383 g/mol. The molecular formula is C21H24Cl2N2O2. The van der Waals surface area contributed by atoms with Gasteiger partial charge in [0.05, 0.1) is 22.9 Å². The molecule has 1 N–H and O–H groups in total. The summed E-state index contributed by atoms with van der Waals surface area (Å²) in [7, 11) is 0. The number of carbonyl (C=O) groups excluding carboxylic acids is 1. The highest BCUT2D eigenvalue weighted by Crippen LogP contribution is 2.34. The van der Waals surface area contributed by atoms with Gasteiger partial charge in [0.1, 0.15) is 0 Å². The second-order valence-electron chi connectivity index (χ2n) is 6.29. The number of rotatable bonds is 9. The molecule has 0 spiro atoms. The zero-order valence-corrected chi connectivity index (χ0v) is 17.1. The third kappa shape index (κ3) is 6.89. The number of halogens is 2. The molecule has 2 rings (SSSR count). The van der Waals surface area contributed by atoms with Gasteiger partial charge in [-0.05, 0) is 43.2 Å². The van der Waals surface area contributed by atoms with Crippen molar-refractivity contribution in [1.29, 1.82) is 0 Å². The van der Waals surface area contributed by atoms with E-state index in [0.717, 1.165) is 18.4 Å². The Morgan fingerprint density at radius 1 is 1.11 bits per heavy atom. The predicted octanol–water partition coefficient (Wildman–Crippen LogP) is 6.02. The second kappa shape index (κ2) is 11.0. The minimum atomic E-state index is -0.282. The van der Waals surface area contributed by atoms with Gasteiger partial charge in [0.15, 0.2) is 5.75 Å². The summed E-state index contributed by atoms with van der Waals surface area (Å²) in [6, 6.07) is 10.7. The first kappa shape index (κ1) is 21.3. The molecule has 144 valence electrons. The lowest BCUT2D eigenvalue weighted by molar-refractivity contribution is 0.0955. The Labute approximate surface area is 170 Å². The molecule has 2 aromatic rings. The Hall–Kier alpha value is -2.04. The van der Waals surface area contributed by atoms with Gasteiger partial charge in [-0.3, -0.25) is 4.79 Å². The van der Waals surface area contributed by atoms with Gasteiger partial charge in [0, 0.05) is 5.56 Å². The summed E-state index contributed by atoms with van der Waals surface area (Å²) >= 11 is 12.5. The summed E-state index contributed by atoms with van der Waals surface area (Å²) in [5.41, 5.74) is 4.79. The number of hydrogen-bond donors (Lipinski definition) is 1. The van der Waals surface area contributed by atoms with Crippen molar-refractivity contribution < 1.29 is 9.53 Å². The number of hydrazone groups is 1. The van der Waals surface area contributed by atoms with Crippen molar-refractivity contribution in [2.24, 2.45) is 5.10 Å². The number of aryl methyl sites for hydroxylation is 1. The zero-order valence-electron chi connectivity index (χ0n) is 15.6. The van der Waals surface area contributed by atoms with Crippen LogP contribution in [0.15, 0.2) is 41.5 Å². The Balaban J connectivity index is 1.93. The van der Waals surface area contributed by atoms with Gasteiger partial charge < -0.3 is 4.74 Å². The van der Waals surface area contributed by atoms with Gasteiger partial charge in [-0.1, -0.05) is 67.1 Å². The van der Waals surface area contributed by atoms with Crippen molar-refractivity contribution in [1.82, 2.24) is 5.43 Å². The van der Waals surface area contributed by atoms with Crippen LogP contribution >= 0.6 is 23.2 Å². The van der Waals surface area contributed by atoms with Gasteiger partial charge in [-0.25, -0.2) is 5.43 Å². The van der Waals surface area contributed by atoms with E-state index in [4.69, 9.17) is 27.9 Å². The van der Waals surface area contributed by atoms with E-state index < -0.39 is 0 Å². The lowest BCUT2D eigenvalue weighted by atomic mass is 10.1. The third-order valence-electron chi connectivity index (χ3n) is 3.96. The number of nitrogens with one attached hydrogen (secondary N) is 1. The number of carbonyl (C=O) groups is 1. The van der Waals surface area contributed by atoms with Gasteiger partial charge in [0.25, 0.3) is 5.91 Å². The minimum absolute atomic E-state index is 0.282. The highest BCUT2D eigenvalue weighted by Gasteiger charge is 2.09. The molecule has 6 heteroatoms. The number of ether oxygens (including phenoxy) is 1. The fourth-order valence-corrected chi connectivity index (χ4v) is 3.04. The Bertz CT molecular complexity index is 766. The molecule has 0 saturated heterocycles. The molecule has 2 aromatic carbocycles. The van der Waals surface area contributed by atoms with E-state index >= 15 is 0 Å². The van der Waals surface area contributed by atoms with Crippen molar-refractivity contribution >= 4 is 35.3 Å². The van der Waals surface area contributed by atoms with Crippen molar-refractivity contribution in [3.05, 3.63) is 63.1 Å². The maximum Gasteiger partial charge on any atom is 0.271 e. The van der Waals surface area contributed by atoms with Crippen LogP contribution in [0.5, 0.6) is 5.75 Å². The van der Waals surface area contributed by atoms with Crippen LogP contribution in [-0.4, -0.2) is 18.7 Å². The van der Waals surface area contributed by atoms with Crippen LogP contribution < -0.4 is 10.2 Å². The quantitative estimate of drug-likeness (QED) is 0.314. The standard InChI is InChI=1S/C21H24Cl2N2O2/c1-3-4-5-6-11-27-20-18(22)12-16(13-19(20)23)14-24-25-21(26)17-9-7-15(2)8-10-17/h7-10,12-14H,3-6,11H2,1-2H3,(H,25,26)/b24-14+. The van der Waals surface area contributed by atoms with Crippen molar-refractivity contribution in [2.45, 2.75) is 39.5 Å². The van der Waals surface area contributed by atoms with Crippen LogP contribution in [-0.2, 0) is 0 Å². The molecule has 0 aliphatic carbocycles. The third-order valence-corrected chi connectivity index (χ3v) is 4.52.